The molecular formula is C30H28FN3O6. The molecule has 206 valence electrons. The first kappa shape index (κ1) is 28.0. The van der Waals surface area contributed by atoms with Crippen molar-refractivity contribution in [1.82, 2.24) is 10.5 Å². The maximum Gasteiger partial charge on any atom is 0.408 e. The molecule has 1 heterocycles. The summed E-state index contributed by atoms with van der Waals surface area (Å²) in [7, 11) is 0. The van der Waals surface area contributed by atoms with Crippen LogP contribution < -0.4 is 10.6 Å². The summed E-state index contributed by atoms with van der Waals surface area (Å²) in [6.07, 6.45) is 0.253. The summed E-state index contributed by atoms with van der Waals surface area (Å²) in [5.41, 5.74) is 3.27. The average Bonchev–Trinajstić information content (AvgIpc) is 3.42. The number of alkyl carbamates (subject to hydrolysis) is 1. The van der Waals surface area contributed by atoms with Crippen LogP contribution in [0.25, 0.3) is 11.3 Å². The number of benzene rings is 3. The van der Waals surface area contributed by atoms with Crippen LogP contribution in [0.5, 0.6) is 0 Å². The number of ether oxygens (including phenoxy) is 1. The molecule has 0 bridgehead atoms. The molecule has 2 amide bonds. The van der Waals surface area contributed by atoms with Crippen LogP contribution in [0, 0.1) is 5.82 Å². The van der Waals surface area contributed by atoms with E-state index in [1.165, 1.54) is 12.3 Å². The van der Waals surface area contributed by atoms with E-state index in [2.05, 4.69) is 15.8 Å². The molecule has 0 saturated heterocycles. The number of carbonyl (C=O) groups is 3. The minimum absolute atomic E-state index is 0.0445. The van der Waals surface area contributed by atoms with Crippen molar-refractivity contribution in [2.45, 2.75) is 38.8 Å². The van der Waals surface area contributed by atoms with E-state index in [4.69, 9.17) is 9.26 Å². The summed E-state index contributed by atoms with van der Waals surface area (Å²) in [4.78, 5) is 36.9. The predicted octanol–water partition coefficient (Wildman–Crippen LogP) is 6.30. The van der Waals surface area contributed by atoms with Crippen molar-refractivity contribution in [3.8, 4) is 11.3 Å². The Bertz CT molecular complexity index is 1500. The molecule has 0 fully saturated rings. The molecule has 4 aromatic rings. The number of nitrogens with zero attached hydrogens (tertiary/aromatic N) is 1. The van der Waals surface area contributed by atoms with E-state index in [1.807, 2.05) is 0 Å². The molecule has 0 aliphatic rings. The lowest BCUT2D eigenvalue weighted by Gasteiger charge is -2.16. The molecule has 3 N–H and O–H groups in total. The molecule has 2 atom stereocenters. The van der Waals surface area contributed by atoms with Gasteiger partial charge in [-0.2, -0.15) is 0 Å². The van der Waals surface area contributed by atoms with Gasteiger partial charge in [0.15, 0.2) is 0 Å². The normalized spacial score (nSPS) is 12.3. The second-order valence-electron chi connectivity index (χ2n) is 9.03. The van der Waals surface area contributed by atoms with Gasteiger partial charge in [0.1, 0.15) is 23.9 Å². The van der Waals surface area contributed by atoms with Crippen molar-refractivity contribution >= 4 is 23.7 Å². The van der Waals surface area contributed by atoms with E-state index in [1.54, 1.807) is 80.6 Å². The highest BCUT2D eigenvalue weighted by Crippen LogP contribution is 2.28. The molecule has 1 aromatic heterocycles. The third-order valence-electron chi connectivity index (χ3n) is 6.40. The molecule has 10 heteroatoms. The number of aromatic nitrogens is 1. The summed E-state index contributed by atoms with van der Waals surface area (Å²) < 4.78 is 24.3. The van der Waals surface area contributed by atoms with E-state index in [0.717, 1.165) is 0 Å². The van der Waals surface area contributed by atoms with E-state index < -0.39 is 35.8 Å². The third kappa shape index (κ3) is 6.52. The van der Waals surface area contributed by atoms with Crippen LogP contribution in [0.15, 0.2) is 83.6 Å². The lowest BCUT2D eigenvalue weighted by Crippen LogP contribution is -2.25. The molecule has 0 aliphatic heterocycles. The molecule has 0 saturated carbocycles. The number of amides is 2. The number of para-hydroxylation sites is 1. The highest BCUT2D eigenvalue weighted by atomic mass is 19.1. The lowest BCUT2D eigenvalue weighted by atomic mass is 9.95. The smallest absolute Gasteiger partial charge is 0.408 e. The Labute approximate surface area is 230 Å². The number of carboxylic acids is 1. The highest BCUT2D eigenvalue weighted by Gasteiger charge is 2.22. The standard InChI is InChI=1S/C30H28FN3O6/c1-3-22(29(36)37)24-9-5-7-11-26(24)33-28(35)20-14-12-19(13-15-20)27-21(17-39-34-27)16-32-30(38)40-18(2)23-8-4-6-10-25(23)31/h4-15,17-18,22H,3,16H2,1-2H3,(H,32,38)(H,33,35)(H,36,37). The summed E-state index contributed by atoms with van der Waals surface area (Å²) in [5, 5.41) is 19.0. The number of rotatable bonds is 10. The van der Waals surface area contributed by atoms with Gasteiger partial charge in [0.05, 0.1) is 12.5 Å². The van der Waals surface area contributed by atoms with Gasteiger partial charge in [-0.05, 0) is 43.2 Å². The fourth-order valence-corrected chi connectivity index (χ4v) is 4.27. The first-order valence-corrected chi connectivity index (χ1v) is 12.6. The number of halogens is 1. The van der Waals surface area contributed by atoms with Crippen LogP contribution in [0.4, 0.5) is 14.9 Å². The van der Waals surface area contributed by atoms with E-state index in [-0.39, 0.29) is 12.1 Å². The zero-order valence-electron chi connectivity index (χ0n) is 21.9. The molecule has 0 radical (unpaired) electrons. The monoisotopic (exact) mass is 545 g/mol. The van der Waals surface area contributed by atoms with Crippen LogP contribution in [0.2, 0.25) is 0 Å². The second kappa shape index (κ2) is 12.7. The van der Waals surface area contributed by atoms with Crippen molar-refractivity contribution in [2.75, 3.05) is 5.32 Å². The largest absolute Gasteiger partial charge is 0.481 e. The van der Waals surface area contributed by atoms with Crippen LogP contribution >= 0.6 is 0 Å². The van der Waals surface area contributed by atoms with Gasteiger partial charge in [0.2, 0.25) is 0 Å². The molecule has 4 rings (SSSR count). The molecule has 0 spiro atoms. The van der Waals surface area contributed by atoms with Gasteiger partial charge in [-0.1, -0.05) is 60.6 Å². The van der Waals surface area contributed by atoms with Crippen LogP contribution in [-0.4, -0.2) is 28.2 Å². The van der Waals surface area contributed by atoms with Gasteiger partial charge in [0, 0.05) is 27.9 Å². The average molecular weight is 546 g/mol. The Kier molecular flexibility index (Phi) is 8.90. The fraction of sp³-hybridized carbons (Fsp3) is 0.200. The fourth-order valence-electron chi connectivity index (χ4n) is 4.27. The van der Waals surface area contributed by atoms with Gasteiger partial charge >= 0.3 is 12.1 Å². The third-order valence-corrected chi connectivity index (χ3v) is 6.40. The van der Waals surface area contributed by atoms with Crippen LogP contribution in [0.3, 0.4) is 0 Å². The van der Waals surface area contributed by atoms with Gasteiger partial charge in [-0.15, -0.1) is 0 Å². The van der Waals surface area contributed by atoms with E-state index in [9.17, 15) is 23.9 Å². The Morgan fingerprint density at radius 2 is 1.68 bits per heavy atom. The zero-order valence-corrected chi connectivity index (χ0v) is 21.9. The van der Waals surface area contributed by atoms with Gasteiger partial charge < -0.3 is 25.0 Å². The summed E-state index contributed by atoms with van der Waals surface area (Å²) in [5.74, 6) is -2.55. The van der Waals surface area contributed by atoms with Gasteiger partial charge in [-0.3, -0.25) is 9.59 Å². The molecule has 2 unspecified atom stereocenters. The zero-order chi connectivity index (χ0) is 28.6. The Morgan fingerprint density at radius 1 is 1.00 bits per heavy atom. The number of hydrogen-bond acceptors (Lipinski definition) is 6. The van der Waals surface area contributed by atoms with Crippen LogP contribution in [-0.2, 0) is 16.1 Å². The number of nitrogens with one attached hydrogen (secondary N) is 2. The lowest BCUT2D eigenvalue weighted by molar-refractivity contribution is -0.138. The van der Waals surface area contributed by atoms with Crippen molar-refractivity contribution in [3.05, 3.63) is 107 Å². The SMILES string of the molecule is CCC(C(=O)O)c1ccccc1NC(=O)c1ccc(-c2nocc2CNC(=O)OC(C)c2ccccc2F)cc1. The highest BCUT2D eigenvalue weighted by molar-refractivity contribution is 6.05. The van der Waals surface area contributed by atoms with Crippen molar-refractivity contribution in [2.24, 2.45) is 0 Å². The summed E-state index contributed by atoms with van der Waals surface area (Å²) in [6.45, 7) is 3.40. The number of aliphatic carboxylic acids is 1. The van der Waals surface area contributed by atoms with E-state index in [0.29, 0.717) is 40.1 Å². The summed E-state index contributed by atoms with van der Waals surface area (Å²) in [6, 6.07) is 19.5. The first-order valence-electron chi connectivity index (χ1n) is 12.6. The minimum Gasteiger partial charge on any atom is -0.481 e. The Morgan fingerprint density at radius 3 is 2.35 bits per heavy atom. The number of carboxylic acid groups (broad SMARTS) is 1. The quantitative estimate of drug-likeness (QED) is 0.213. The predicted molar refractivity (Wildman–Crippen MR) is 145 cm³/mol. The van der Waals surface area contributed by atoms with Crippen LogP contribution in [0.1, 0.15) is 59.3 Å². The molecule has 3 aromatic carbocycles. The topological polar surface area (TPSA) is 131 Å². The maximum atomic E-state index is 13.9. The van der Waals surface area contributed by atoms with Crippen molar-refractivity contribution < 1.29 is 33.1 Å². The second-order valence-corrected chi connectivity index (χ2v) is 9.03. The van der Waals surface area contributed by atoms with Gasteiger partial charge in [0.25, 0.3) is 5.91 Å². The van der Waals surface area contributed by atoms with Crippen molar-refractivity contribution in [1.29, 1.82) is 0 Å². The van der Waals surface area contributed by atoms with Crippen molar-refractivity contribution in [3.63, 3.8) is 0 Å². The Balaban J connectivity index is 1.40. The van der Waals surface area contributed by atoms with Gasteiger partial charge in [-0.25, -0.2) is 9.18 Å². The molecule has 0 aliphatic carbocycles. The minimum atomic E-state index is -0.959. The number of carbonyl (C=O) groups excluding carboxylic acids is 2. The molecule has 40 heavy (non-hydrogen) atoms. The summed E-state index contributed by atoms with van der Waals surface area (Å²) >= 11 is 0. The van der Waals surface area contributed by atoms with E-state index >= 15 is 0 Å². The first-order chi connectivity index (χ1) is 19.3. The molecule has 9 nitrogen and oxygen atoms in total. The number of anilines is 1. The molecular weight excluding hydrogens is 517 g/mol. The Hall–Kier alpha value is -4.99. The number of hydrogen-bond donors (Lipinski definition) is 3. The maximum absolute atomic E-state index is 13.9.